The summed E-state index contributed by atoms with van der Waals surface area (Å²) in [5.74, 6) is 0.457. The van der Waals surface area contributed by atoms with Crippen molar-refractivity contribution in [3.05, 3.63) is 29.8 Å². The molecule has 1 aromatic rings. The second-order valence-electron chi connectivity index (χ2n) is 5.02. The zero-order valence-corrected chi connectivity index (χ0v) is 14.4. The van der Waals surface area contributed by atoms with Crippen molar-refractivity contribution in [2.24, 2.45) is 10.7 Å². The Kier molecular flexibility index (Phi) is 7.34. The number of nitrogens with one attached hydrogen (secondary N) is 1. The molecule has 22 heavy (non-hydrogen) atoms. The van der Waals surface area contributed by atoms with Gasteiger partial charge in [-0.1, -0.05) is 19.1 Å². The fourth-order valence-corrected chi connectivity index (χ4v) is 2.76. The first kappa shape index (κ1) is 18.4. The zero-order valence-electron chi connectivity index (χ0n) is 13.5. The van der Waals surface area contributed by atoms with Crippen LogP contribution < -0.4 is 11.1 Å². The molecule has 0 aliphatic rings. The van der Waals surface area contributed by atoms with Crippen LogP contribution in [0.1, 0.15) is 25.8 Å². The predicted octanol–water partition coefficient (Wildman–Crippen LogP) is 1.65. The van der Waals surface area contributed by atoms with Crippen LogP contribution in [-0.2, 0) is 16.4 Å². The van der Waals surface area contributed by atoms with Crippen LogP contribution in [0.25, 0.3) is 0 Å². The smallest absolute Gasteiger partial charge is 0.213 e. The van der Waals surface area contributed by atoms with Crippen molar-refractivity contribution >= 4 is 21.7 Å². The highest BCUT2D eigenvalue weighted by molar-refractivity contribution is 7.89. The molecule has 0 fully saturated rings. The Hall–Kier alpha value is -1.60. The molecule has 7 heteroatoms. The van der Waals surface area contributed by atoms with E-state index in [4.69, 9.17) is 5.73 Å². The number of hydrogen-bond donors (Lipinski definition) is 2. The van der Waals surface area contributed by atoms with E-state index in [-0.39, 0.29) is 5.75 Å². The highest BCUT2D eigenvalue weighted by Gasteiger charge is 2.13. The van der Waals surface area contributed by atoms with Gasteiger partial charge in [0.2, 0.25) is 10.0 Å². The van der Waals surface area contributed by atoms with Crippen molar-refractivity contribution in [3.63, 3.8) is 0 Å². The lowest BCUT2D eigenvalue weighted by molar-refractivity contribution is 0.465. The summed E-state index contributed by atoms with van der Waals surface area (Å²) in [5, 5.41) is 3.04. The van der Waals surface area contributed by atoms with Gasteiger partial charge in [0.25, 0.3) is 0 Å². The molecule has 1 rings (SSSR count). The molecule has 0 amide bonds. The summed E-state index contributed by atoms with van der Waals surface area (Å²) in [4.78, 5) is 4.22. The molecule has 6 nitrogen and oxygen atoms in total. The maximum absolute atomic E-state index is 11.6. The number of nitrogens with two attached hydrogens (primary N) is 1. The molecule has 124 valence electrons. The Morgan fingerprint density at radius 3 is 2.73 bits per heavy atom. The number of aryl methyl sites for hydroxylation is 1. The third-order valence-electron chi connectivity index (χ3n) is 3.36. The van der Waals surface area contributed by atoms with Gasteiger partial charge in [-0.05, 0) is 37.5 Å². The zero-order chi connectivity index (χ0) is 16.6. The third kappa shape index (κ3) is 6.03. The van der Waals surface area contributed by atoms with Gasteiger partial charge in [0.15, 0.2) is 5.96 Å². The molecule has 0 aliphatic carbocycles. The second-order valence-corrected chi connectivity index (χ2v) is 7.39. The largest absolute Gasteiger partial charge is 0.370 e. The minimum absolute atomic E-state index is 0.115. The molecule has 0 saturated carbocycles. The van der Waals surface area contributed by atoms with Gasteiger partial charge in [-0.15, -0.1) is 0 Å². The minimum Gasteiger partial charge on any atom is -0.370 e. The fraction of sp³-hybridized carbons (Fsp3) is 0.533. The van der Waals surface area contributed by atoms with E-state index < -0.39 is 10.0 Å². The van der Waals surface area contributed by atoms with Crippen molar-refractivity contribution in [1.82, 2.24) is 4.31 Å². The molecule has 0 radical (unpaired) electrons. The maximum atomic E-state index is 11.6. The Morgan fingerprint density at radius 1 is 1.36 bits per heavy atom. The quantitative estimate of drug-likeness (QED) is 0.432. The van der Waals surface area contributed by atoms with Crippen LogP contribution in [0, 0.1) is 0 Å². The van der Waals surface area contributed by atoms with Gasteiger partial charge < -0.3 is 11.1 Å². The molecule has 0 unspecified atom stereocenters. The van der Waals surface area contributed by atoms with E-state index >= 15 is 0 Å². The van der Waals surface area contributed by atoms with Crippen molar-refractivity contribution < 1.29 is 8.42 Å². The Balaban J connectivity index is 2.43. The topological polar surface area (TPSA) is 87.8 Å². The summed E-state index contributed by atoms with van der Waals surface area (Å²) < 4.78 is 24.5. The van der Waals surface area contributed by atoms with Gasteiger partial charge in [-0.25, -0.2) is 12.7 Å². The molecule has 0 bridgehead atoms. The van der Waals surface area contributed by atoms with Gasteiger partial charge in [0, 0.05) is 25.8 Å². The number of guanidine groups is 1. The summed E-state index contributed by atoms with van der Waals surface area (Å²) in [5.41, 5.74) is 7.97. The average molecular weight is 326 g/mol. The number of aliphatic imine (C=N–C) groups is 1. The van der Waals surface area contributed by atoms with Crippen molar-refractivity contribution in [2.75, 3.05) is 31.2 Å². The van der Waals surface area contributed by atoms with E-state index in [0.717, 1.165) is 12.1 Å². The highest BCUT2D eigenvalue weighted by atomic mass is 32.2. The molecule has 3 N–H and O–H groups in total. The Labute approximate surface area is 133 Å². The second kappa shape index (κ2) is 8.75. The fourth-order valence-electron chi connectivity index (χ4n) is 1.91. The van der Waals surface area contributed by atoms with Gasteiger partial charge >= 0.3 is 0 Å². The lowest BCUT2D eigenvalue weighted by atomic mass is 10.1. The van der Waals surface area contributed by atoms with E-state index in [2.05, 4.69) is 23.3 Å². The van der Waals surface area contributed by atoms with Crippen LogP contribution in [0.2, 0.25) is 0 Å². The van der Waals surface area contributed by atoms with Crippen molar-refractivity contribution in [1.29, 1.82) is 0 Å². The molecular formula is C15H26N4O2S. The van der Waals surface area contributed by atoms with E-state index in [1.807, 2.05) is 18.2 Å². The highest BCUT2D eigenvalue weighted by Crippen LogP contribution is 2.10. The number of sulfonamides is 1. The number of benzene rings is 1. The maximum Gasteiger partial charge on any atom is 0.213 e. The van der Waals surface area contributed by atoms with Crippen LogP contribution >= 0.6 is 0 Å². The number of anilines is 1. The first-order valence-electron chi connectivity index (χ1n) is 7.49. The van der Waals surface area contributed by atoms with Crippen LogP contribution in [0.15, 0.2) is 29.3 Å². The normalized spacial score (nSPS) is 12.6. The molecule has 0 saturated heterocycles. The minimum atomic E-state index is -3.12. The van der Waals surface area contributed by atoms with E-state index in [1.54, 1.807) is 14.0 Å². The molecule has 0 aromatic heterocycles. The van der Waals surface area contributed by atoms with Gasteiger partial charge in [0.05, 0.1) is 5.75 Å². The van der Waals surface area contributed by atoms with Gasteiger partial charge in [0.1, 0.15) is 0 Å². The van der Waals surface area contributed by atoms with Gasteiger partial charge in [-0.2, -0.15) is 0 Å². The lowest BCUT2D eigenvalue weighted by Crippen LogP contribution is -2.30. The summed E-state index contributed by atoms with van der Waals surface area (Å²) in [6, 6.07) is 7.99. The molecule has 1 aromatic carbocycles. The van der Waals surface area contributed by atoms with Crippen molar-refractivity contribution in [3.8, 4) is 0 Å². The van der Waals surface area contributed by atoms with Crippen LogP contribution in [-0.4, -0.2) is 44.6 Å². The third-order valence-corrected chi connectivity index (χ3v) is 5.22. The van der Waals surface area contributed by atoms with Crippen LogP contribution in [0.4, 0.5) is 5.69 Å². The Morgan fingerprint density at radius 2 is 2.09 bits per heavy atom. The molecular weight excluding hydrogens is 300 g/mol. The van der Waals surface area contributed by atoms with Crippen LogP contribution in [0.5, 0.6) is 0 Å². The average Bonchev–Trinajstić information content (AvgIpc) is 2.51. The SMILES string of the molecule is CCc1cccc(NC(N)=NCCCN(C)S(=O)(=O)CC)c1. The summed E-state index contributed by atoms with van der Waals surface area (Å²) in [6.07, 6.45) is 1.60. The predicted molar refractivity (Wildman–Crippen MR) is 92.6 cm³/mol. The van der Waals surface area contributed by atoms with Crippen LogP contribution in [0.3, 0.4) is 0 Å². The number of nitrogens with zero attached hydrogens (tertiary/aromatic N) is 2. The van der Waals surface area contributed by atoms with E-state index in [0.29, 0.717) is 25.5 Å². The van der Waals surface area contributed by atoms with E-state index in [1.165, 1.54) is 9.87 Å². The first-order chi connectivity index (χ1) is 10.4. The molecule has 0 spiro atoms. The summed E-state index contributed by atoms with van der Waals surface area (Å²) >= 11 is 0. The molecule has 0 atom stereocenters. The summed E-state index contributed by atoms with van der Waals surface area (Å²) in [7, 11) is -1.53. The van der Waals surface area contributed by atoms with E-state index in [9.17, 15) is 8.42 Å². The molecule has 0 aliphatic heterocycles. The standard InChI is InChI=1S/C15H26N4O2S/c1-4-13-8-6-9-14(12-13)18-15(16)17-10-7-11-19(3)22(20,21)5-2/h6,8-9,12H,4-5,7,10-11H2,1-3H3,(H3,16,17,18). The monoisotopic (exact) mass is 326 g/mol. The molecule has 0 heterocycles. The van der Waals surface area contributed by atoms with Crippen molar-refractivity contribution in [2.45, 2.75) is 26.7 Å². The van der Waals surface area contributed by atoms with Gasteiger partial charge in [-0.3, -0.25) is 4.99 Å². The first-order valence-corrected chi connectivity index (χ1v) is 9.09. The lowest BCUT2D eigenvalue weighted by Gasteiger charge is -2.15. The Bertz CT molecular complexity index is 599. The number of rotatable bonds is 8. The summed E-state index contributed by atoms with van der Waals surface area (Å²) in [6.45, 7) is 4.65. The number of hydrogen-bond acceptors (Lipinski definition) is 3.